The van der Waals surface area contributed by atoms with Crippen LogP contribution >= 0.6 is 12.2 Å². The molecule has 1 amide bonds. The van der Waals surface area contributed by atoms with Gasteiger partial charge in [0.05, 0.1) is 0 Å². The summed E-state index contributed by atoms with van der Waals surface area (Å²) in [6.45, 7) is 1.34. The first-order valence-corrected chi connectivity index (χ1v) is 4.23. The second-order valence-electron chi connectivity index (χ2n) is 2.51. The van der Waals surface area contributed by atoms with E-state index in [9.17, 15) is 9.90 Å². The number of nitrogens with one attached hydrogen (secondary N) is 2. The third-order valence-corrected chi connectivity index (χ3v) is 1.51. The van der Waals surface area contributed by atoms with Gasteiger partial charge in [-0.05, 0) is 24.4 Å². The van der Waals surface area contributed by atoms with Crippen molar-refractivity contribution in [2.75, 3.05) is 5.32 Å². The number of aromatic nitrogens is 1. The third-order valence-electron chi connectivity index (χ3n) is 1.31. The zero-order chi connectivity index (χ0) is 10.6. The molecule has 0 atom stereocenters. The van der Waals surface area contributed by atoms with Crippen molar-refractivity contribution in [3.8, 4) is 5.75 Å². The van der Waals surface area contributed by atoms with Crippen molar-refractivity contribution in [1.29, 1.82) is 0 Å². The minimum atomic E-state index is -0.280. The maximum Gasteiger partial charge on any atom is 0.222 e. The summed E-state index contributed by atoms with van der Waals surface area (Å²) in [5.74, 6) is -0.0932. The van der Waals surface area contributed by atoms with Gasteiger partial charge in [-0.15, -0.1) is 0 Å². The maximum atomic E-state index is 10.6. The topological polar surface area (TPSA) is 74.2 Å². The summed E-state index contributed by atoms with van der Waals surface area (Å²) in [5, 5.41) is 14.3. The van der Waals surface area contributed by atoms with E-state index in [0.717, 1.165) is 0 Å². The van der Waals surface area contributed by atoms with Gasteiger partial charge in [0.1, 0.15) is 0 Å². The Labute approximate surface area is 86.2 Å². The van der Waals surface area contributed by atoms with Crippen LogP contribution in [0.1, 0.15) is 6.92 Å². The molecule has 0 fully saturated rings. The van der Waals surface area contributed by atoms with Gasteiger partial charge in [-0.2, -0.15) is 0 Å². The molecule has 0 aliphatic carbocycles. The van der Waals surface area contributed by atoms with Gasteiger partial charge in [0.2, 0.25) is 5.91 Å². The van der Waals surface area contributed by atoms with Crippen LogP contribution in [-0.2, 0) is 4.79 Å². The molecular weight excluding hydrogens is 202 g/mol. The van der Waals surface area contributed by atoms with Gasteiger partial charge < -0.3 is 15.7 Å². The summed E-state index contributed by atoms with van der Waals surface area (Å²) < 4.78 is 0. The zero-order valence-electron chi connectivity index (χ0n) is 7.44. The SMILES string of the molecule is CC(=O)NC(=S)Nc1ncccc1O. The Morgan fingerprint density at radius 1 is 1.64 bits per heavy atom. The van der Waals surface area contributed by atoms with Crippen LogP contribution in [-0.4, -0.2) is 21.1 Å². The summed E-state index contributed by atoms with van der Waals surface area (Å²) >= 11 is 4.78. The number of carbonyl (C=O) groups excluding carboxylic acids is 1. The van der Waals surface area contributed by atoms with E-state index in [1.54, 1.807) is 6.07 Å². The highest BCUT2D eigenvalue weighted by Crippen LogP contribution is 2.17. The molecule has 1 aromatic heterocycles. The fourth-order valence-electron chi connectivity index (χ4n) is 0.792. The average molecular weight is 211 g/mol. The lowest BCUT2D eigenvalue weighted by molar-refractivity contribution is -0.117. The van der Waals surface area contributed by atoms with Crippen LogP contribution < -0.4 is 10.6 Å². The first-order valence-electron chi connectivity index (χ1n) is 3.82. The number of anilines is 1. The van der Waals surface area contributed by atoms with Crippen LogP contribution in [0.15, 0.2) is 18.3 Å². The number of nitrogens with zero attached hydrogens (tertiary/aromatic N) is 1. The van der Waals surface area contributed by atoms with E-state index in [4.69, 9.17) is 12.2 Å². The molecule has 74 valence electrons. The minimum Gasteiger partial charge on any atom is -0.504 e. The van der Waals surface area contributed by atoms with Crippen LogP contribution in [0.5, 0.6) is 5.75 Å². The van der Waals surface area contributed by atoms with Crippen LogP contribution in [0.2, 0.25) is 0 Å². The molecule has 0 saturated carbocycles. The largest absolute Gasteiger partial charge is 0.504 e. The molecule has 0 unspecified atom stereocenters. The Hall–Kier alpha value is -1.69. The van der Waals surface area contributed by atoms with Gasteiger partial charge in [0, 0.05) is 13.1 Å². The number of carbonyl (C=O) groups is 1. The fourth-order valence-corrected chi connectivity index (χ4v) is 1.03. The second-order valence-corrected chi connectivity index (χ2v) is 2.91. The van der Waals surface area contributed by atoms with Crippen molar-refractivity contribution in [2.24, 2.45) is 0 Å². The zero-order valence-corrected chi connectivity index (χ0v) is 8.26. The lowest BCUT2D eigenvalue weighted by Crippen LogP contribution is -2.32. The van der Waals surface area contributed by atoms with E-state index in [2.05, 4.69) is 15.6 Å². The Morgan fingerprint density at radius 3 is 2.93 bits per heavy atom. The number of hydrogen-bond donors (Lipinski definition) is 3. The van der Waals surface area contributed by atoms with Gasteiger partial charge in [-0.1, -0.05) is 0 Å². The molecule has 6 heteroatoms. The predicted molar refractivity (Wildman–Crippen MR) is 55.9 cm³/mol. The molecule has 1 heterocycles. The Kier molecular flexibility index (Phi) is 3.35. The highest BCUT2D eigenvalue weighted by Gasteiger charge is 2.03. The van der Waals surface area contributed by atoms with Gasteiger partial charge in [0.15, 0.2) is 16.7 Å². The number of amides is 1. The number of thiocarbonyl (C=S) groups is 1. The number of aromatic hydroxyl groups is 1. The van der Waals surface area contributed by atoms with Crippen molar-refractivity contribution >= 4 is 29.1 Å². The highest BCUT2D eigenvalue weighted by atomic mass is 32.1. The Balaban J connectivity index is 2.65. The first kappa shape index (κ1) is 10.4. The molecule has 0 aliphatic heterocycles. The van der Waals surface area contributed by atoms with E-state index in [1.165, 1.54) is 19.2 Å². The van der Waals surface area contributed by atoms with E-state index in [0.29, 0.717) is 0 Å². The van der Waals surface area contributed by atoms with Crippen LogP contribution in [0.25, 0.3) is 0 Å². The fraction of sp³-hybridized carbons (Fsp3) is 0.125. The second kappa shape index (κ2) is 4.52. The summed E-state index contributed by atoms with van der Waals surface area (Å²) in [4.78, 5) is 14.4. The quantitative estimate of drug-likeness (QED) is 0.594. The number of rotatable bonds is 1. The van der Waals surface area contributed by atoms with Gasteiger partial charge in [0.25, 0.3) is 0 Å². The van der Waals surface area contributed by atoms with Gasteiger partial charge in [-0.25, -0.2) is 4.98 Å². The summed E-state index contributed by atoms with van der Waals surface area (Å²) in [6, 6.07) is 3.05. The monoisotopic (exact) mass is 211 g/mol. The molecule has 1 aromatic rings. The summed E-state index contributed by atoms with van der Waals surface area (Å²) in [6.07, 6.45) is 1.50. The lowest BCUT2D eigenvalue weighted by atomic mass is 10.4. The molecule has 0 aliphatic rings. The Morgan fingerprint density at radius 2 is 2.36 bits per heavy atom. The van der Waals surface area contributed by atoms with Crippen molar-refractivity contribution < 1.29 is 9.90 Å². The number of hydrogen-bond acceptors (Lipinski definition) is 4. The standard InChI is InChI=1S/C8H9N3O2S/c1-5(12)10-8(14)11-7-6(13)3-2-4-9-7/h2-4,13H,1H3,(H2,9,10,11,12,14). The smallest absolute Gasteiger partial charge is 0.222 e. The Bertz CT molecular complexity index is 367. The molecular formula is C8H9N3O2S. The maximum absolute atomic E-state index is 10.6. The van der Waals surface area contributed by atoms with E-state index in [-0.39, 0.29) is 22.6 Å². The molecule has 0 bridgehead atoms. The molecule has 1 rings (SSSR count). The van der Waals surface area contributed by atoms with Crippen molar-refractivity contribution in [3.05, 3.63) is 18.3 Å². The first-order chi connectivity index (χ1) is 6.59. The third kappa shape index (κ3) is 2.98. The van der Waals surface area contributed by atoms with Crippen LogP contribution in [0, 0.1) is 0 Å². The normalized spacial score (nSPS) is 9.21. The molecule has 3 N–H and O–H groups in total. The minimum absolute atomic E-state index is 0.0276. The molecule has 5 nitrogen and oxygen atoms in total. The molecule has 0 spiro atoms. The van der Waals surface area contributed by atoms with Gasteiger partial charge >= 0.3 is 0 Å². The summed E-state index contributed by atoms with van der Waals surface area (Å²) in [5.41, 5.74) is 0. The number of pyridine rings is 1. The van der Waals surface area contributed by atoms with E-state index < -0.39 is 0 Å². The van der Waals surface area contributed by atoms with Crippen molar-refractivity contribution in [1.82, 2.24) is 10.3 Å². The molecule has 0 saturated heterocycles. The van der Waals surface area contributed by atoms with Crippen molar-refractivity contribution in [2.45, 2.75) is 6.92 Å². The summed E-state index contributed by atoms with van der Waals surface area (Å²) in [7, 11) is 0. The van der Waals surface area contributed by atoms with E-state index in [1.807, 2.05) is 0 Å². The van der Waals surface area contributed by atoms with Gasteiger partial charge in [-0.3, -0.25) is 4.79 Å². The molecule has 0 aromatic carbocycles. The molecule has 0 radical (unpaired) electrons. The molecule has 14 heavy (non-hydrogen) atoms. The lowest BCUT2D eigenvalue weighted by Gasteiger charge is -2.07. The van der Waals surface area contributed by atoms with Crippen molar-refractivity contribution in [3.63, 3.8) is 0 Å². The van der Waals surface area contributed by atoms with Crippen LogP contribution in [0.4, 0.5) is 5.82 Å². The predicted octanol–water partition coefficient (Wildman–Crippen LogP) is 0.620. The highest BCUT2D eigenvalue weighted by molar-refractivity contribution is 7.80. The average Bonchev–Trinajstić information content (AvgIpc) is 2.07. The van der Waals surface area contributed by atoms with E-state index >= 15 is 0 Å². The van der Waals surface area contributed by atoms with Crippen LogP contribution in [0.3, 0.4) is 0 Å².